The molecule has 9 aromatic carbocycles. The molecule has 0 amide bonds. The summed E-state index contributed by atoms with van der Waals surface area (Å²) < 4.78 is 84.2. The molecule has 1 heterocycles. The van der Waals surface area contributed by atoms with Gasteiger partial charge in [0.05, 0.1) is 29.1 Å². The van der Waals surface area contributed by atoms with Crippen LogP contribution in [0.25, 0.3) is 38.6 Å². The van der Waals surface area contributed by atoms with Crippen LogP contribution in [-0.2, 0) is 0 Å². The predicted molar refractivity (Wildman–Crippen MR) is 245 cm³/mol. The predicted octanol–water partition coefficient (Wildman–Crippen LogP) is 10.8. The molecule has 58 heavy (non-hydrogen) atoms. The van der Waals surface area contributed by atoms with Gasteiger partial charge in [-0.25, -0.2) is 0 Å². The molecule has 0 saturated heterocycles. The fraction of sp³-hybridized carbons (Fsp3) is 0.0357. The second-order valence-electron chi connectivity index (χ2n) is 15.2. The second-order valence-corrected chi connectivity index (χ2v) is 18.9. The number of aromatic nitrogens is 1. The minimum atomic E-state index is -3.84. The van der Waals surface area contributed by atoms with E-state index in [1.54, 1.807) is 0 Å². The molecule has 272 valence electrons. The molecule has 0 aliphatic heterocycles. The van der Waals surface area contributed by atoms with Crippen molar-refractivity contribution in [2.45, 2.75) is 11.8 Å². The summed E-state index contributed by atoms with van der Waals surface area (Å²) in [6, 6.07) is 55.1. The first kappa shape index (κ1) is 25.3. The number of hydrogen-bond acceptors (Lipinski definition) is 0. The number of benzene rings is 9. The van der Waals surface area contributed by atoms with Gasteiger partial charge in [-0.2, -0.15) is 0 Å². The van der Waals surface area contributed by atoms with E-state index in [1.807, 2.05) is 83.4 Å². The van der Waals surface area contributed by atoms with Gasteiger partial charge in [0.2, 0.25) is 0 Å². The number of rotatable bonds is 6. The van der Waals surface area contributed by atoms with Crippen LogP contribution in [0.4, 0.5) is 0 Å². The van der Waals surface area contributed by atoms with Gasteiger partial charge in [0.25, 0.3) is 0 Å². The van der Waals surface area contributed by atoms with Crippen molar-refractivity contribution in [2.24, 2.45) is 0 Å². The fourth-order valence-corrected chi connectivity index (χ4v) is 15.1. The Morgan fingerprint density at radius 3 is 1.72 bits per heavy atom. The van der Waals surface area contributed by atoms with Crippen molar-refractivity contribution >= 4 is 50.6 Å². The van der Waals surface area contributed by atoms with E-state index < -0.39 is 14.1 Å². The summed E-state index contributed by atoms with van der Waals surface area (Å²) in [5, 5.41) is 4.27. The lowest BCUT2D eigenvalue weighted by Gasteiger charge is -2.47. The van der Waals surface area contributed by atoms with E-state index in [4.69, 9.17) is 8.22 Å². The first-order valence-corrected chi connectivity index (χ1v) is 21.7. The largest absolute Gasteiger partial charge is 0.309 e. The molecule has 0 radical (unpaired) electrons. The molecule has 1 nitrogen and oxygen atoms in total. The molecular formula is C56H39NSi. The Labute approximate surface area is 352 Å². The van der Waals surface area contributed by atoms with Gasteiger partial charge in [-0.05, 0) is 77.9 Å². The van der Waals surface area contributed by atoms with Crippen LogP contribution in [0.1, 0.15) is 57.6 Å². The summed E-state index contributed by atoms with van der Waals surface area (Å²) >= 11 is 0. The zero-order valence-electron chi connectivity index (χ0n) is 40.3. The molecule has 10 aromatic rings. The topological polar surface area (TPSA) is 4.93 Å². The van der Waals surface area contributed by atoms with Crippen molar-refractivity contribution in [1.82, 2.24) is 4.57 Å². The maximum atomic E-state index is 9.74. The third kappa shape index (κ3) is 4.58. The van der Waals surface area contributed by atoms with Gasteiger partial charge in [0.1, 0.15) is 0 Å². The standard InChI is InChI=1S/C56H39NSi/c1-4-20-38(21-5-1)58(39-22-6-2-7-23-39,40-24-8-3-9-25-40)52-37-19-33-48-53-45-29-10-11-30-46(45)56(55(48)52)54-44(31-18-32-47(53)54)43-28-14-17-36-51(43)57-49-34-15-12-26-41(49)42-27-13-16-35-50(42)57/h1-37,53,56H/i1D,4D,5D,12D,15D,20D,21D,26D,34D. The summed E-state index contributed by atoms with van der Waals surface area (Å²) in [5.41, 5.74) is 10.6. The average molecular weight is 763 g/mol. The molecular weight excluding hydrogens is 715 g/mol. The Morgan fingerprint density at radius 2 is 0.948 bits per heavy atom. The van der Waals surface area contributed by atoms with Gasteiger partial charge in [-0.15, -0.1) is 0 Å². The Bertz CT molecular complexity index is 3650. The zero-order valence-corrected chi connectivity index (χ0v) is 32.3. The number of hydrogen-bond donors (Lipinski definition) is 0. The van der Waals surface area contributed by atoms with Gasteiger partial charge in [0, 0.05) is 28.2 Å². The molecule has 2 unspecified atom stereocenters. The highest BCUT2D eigenvalue weighted by atomic mass is 28.3. The van der Waals surface area contributed by atoms with Crippen molar-refractivity contribution in [1.29, 1.82) is 0 Å². The Balaban J connectivity index is 1.21. The molecule has 2 atom stereocenters. The summed E-state index contributed by atoms with van der Waals surface area (Å²) in [7, 11) is -3.84. The van der Waals surface area contributed by atoms with E-state index in [-0.39, 0.29) is 60.2 Å². The molecule has 1 aromatic heterocycles. The first-order chi connectivity index (χ1) is 32.6. The van der Waals surface area contributed by atoms with Crippen molar-refractivity contribution in [3.8, 4) is 16.8 Å². The molecule has 0 fully saturated rings. The van der Waals surface area contributed by atoms with Crippen molar-refractivity contribution < 1.29 is 12.3 Å². The Morgan fingerprint density at radius 1 is 0.379 bits per heavy atom. The lowest BCUT2D eigenvalue weighted by atomic mass is 9.60. The van der Waals surface area contributed by atoms with E-state index in [0.717, 1.165) is 71.1 Å². The third-order valence-electron chi connectivity index (χ3n) is 12.5. The normalized spacial score (nSPS) is 17.4. The van der Waals surface area contributed by atoms with Crippen LogP contribution in [0, 0.1) is 0 Å². The first-order valence-electron chi connectivity index (χ1n) is 24.2. The molecule has 3 aliphatic carbocycles. The summed E-state index contributed by atoms with van der Waals surface area (Å²) in [6.45, 7) is 0. The highest BCUT2D eigenvalue weighted by Gasteiger charge is 2.49. The molecule has 2 heteroatoms. The van der Waals surface area contributed by atoms with Crippen LogP contribution in [0.2, 0.25) is 0 Å². The van der Waals surface area contributed by atoms with Gasteiger partial charge in [0.15, 0.2) is 8.07 Å². The summed E-state index contributed by atoms with van der Waals surface area (Å²) in [6.07, 6.45) is 0. The van der Waals surface area contributed by atoms with Gasteiger partial charge < -0.3 is 4.57 Å². The third-order valence-corrected chi connectivity index (χ3v) is 17.2. The van der Waals surface area contributed by atoms with Crippen LogP contribution >= 0.6 is 0 Å². The maximum absolute atomic E-state index is 9.74. The number of nitrogens with zero attached hydrogens (tertiary/aromatic N) is 1. The smallest absolute Gasteiger partial charge is 0.179 e. The van der Waals surface area contributed by atoms with Crippen molar-refractivity contribution in [2.75, 3.05) is 0 Å². The molecule has 0 N–H and O–H groups in total. The SMILES string of the molecule is [2H]c1c([2H])c([2H])c([Si](c2ccccc2)(c2ccccc2)c2cccc3c2C2c4ccccc4C3c3cccc(-c4ccccc4-n4c5ccccc5c5c([2H])c([2H])c([2H])c([2H])c54)c32)c([2H])c1[2H]. The van der Waals surface area contributed by atoms with Gasteiger partial charge in [-0.1, -0.05) is 206 Å². The Hall–Kier alpha value is -7.00. The average Bonchev–Trinajstić information content (AvgIpc) is 3.73. The Kier molecular flexibility index (Phi) is 5.68. The monoisotopic (exact) mass is 762 g/mol. The van der Waals surface area contributed by atoms with Crippen LogP contribution < -0.4 is 20.7 Å². The number of fused-ring (bicyclic) bond motifs is 3. The highest BCUT2D eigenvalue weighted by Crippen LogP contribution is 2.58. The van der Waals surface area contributed by atoms with E-state index in [9.17, 15) is 4.11 Å². The minimum absolute atomic E-state index is 0.0813. The lowest BCUT2D eigenvalue weighted by molar-refractivity contribution is 0.760. The van der Waals surface area contributed by atoms with Crippen LogP contribution in [0.5, 0.6) is 0 Å². The van der Waals surface area contributed by atoms with Crippen LogP contribution in [-0.4, -0.2) is 12.6 Å². The molecule has 3 aliphatic rings. The molecule has 0 spiro atoms. The van der Waals surface area contributed by atoms with Crippen molar-refractivity contribution in [3.05, 3.63) is 258 Å². The van der Waals surface area contributed by atoms with Gasteiger partial charge >= 0.3 is 0 Å². The summed E-state index contributed by atoms with van der Waals surface area (Å²) in [5.74, 6) is -0.553. The number of para-hydroxylation sites is 3. The molecule has 2 bridgehead atoms. The zero-order chi connectivity index (χ0) is 46.0. The van der Waals surface area contributed by atoms with Crippen LogP contribution in [0.3, 0.4) is 0 Å². The highest BCUT2D eigenvalue weighted by molar-refractivity contribution is 7.20. The molecule has 13 rings (SSSR count). The van der Waals surface area contributed by atoms with Gasteiger partial charge in [-0.3, -0.25) is 0 Å². The van der Waals surface area contributed by atoms with E-state index in [0.29, 0.717) is 16.1 Å². The molecule has 0 saturated carbocycles. The van der Waals surface area contributed by atoms with Crippen molar-refractivity contribution in [3.63, 3.8) is 0 Å². The van der Waals surface area contributed by atoms with E-state index in [1.165, 1.54) is 5.56 Å². The van der Waals surface area contributed by atoms with E-state index >= 15 is 0 Å². The fourth-order valence-electron chi connectivity index (χ4n) is 10.4. The van der Waals surface area contributed by atoms with Crippen LogP contribution in [0.15, 0.2) is 224 Å². The lowest BCUT2D eigenvalue weighted by Crippen LogP contribution is -2.75. The minimum Gasteiger partial charge on any atom is -0.309 e. The summed E-state index contributed by atoms with van der Waals surface area (Å²) in [4.78, 5) is 0. The maximum Gasteiger partial charge on any atom is 0.179 e. The second kappa shape index (κ2) is 13.0. The van der Waals surface area contributed by atoms with E-state index in [2.05, 4.69) is 91.0 Å². The quantitative estimate of drug-likeness (QED) is 0.117.